The normalized spacial score (nSPS) is 18.6. The monoisotopic (exact) mass is 394 g/mol. The summed E-state index contributed by atoms with van der Waals surface area (Å²) in [5.74, 6) is 0.383. The van der Waals surface area contributed by atoms with Gasteiger partial charge >= 0.3 is 0 Å². The van der Waals surface area contributed by atoms with Gasteiger partial charge in [0.2, 0.25) is 5.88 Å². The Morgan fingerprint density at radius 1 is 1.34 bits per heavy atom. The van der Waals surface area contributed by atoms with Gasteiger partial charge in [0.25, 0.3) is 5.91 Å². The van der Waals surface area contributed by atoms with Crippen LogP contribution < -0.4 is 10.1 Å². The van der Waals surface area contributed by atoms with Crippen LogP contribution in [0.25, 0.3) is 10.9 Å². The van der Waals surface area contributed by atoms with E-state index in [0.717, 1.165) is 29.3 Å². The lowest BCUT2D eigenvalue weighted by molar-refractivity contribution is -0.0902. The van der Waals surface area contributed by atoms with Crippen molar-refractivity contribution in [1.82, 2.24) is 14.8 Å². The number of rotatable bonds is 4. The summed E-state index contributed by atoms with van der Waals surface area (Å²) in [6.45, 7) is 6.72. The van der Waals surface area contributed by atoms with Crippen molar-refractivity contribution in [3.05, 3.63) is 47.8 Å². The zero-order chi connectivity index (χ0) is 20.6. The van der Waals surface area contributed by atoms with Crippen molar-refractivity contribution < 1.29 is 14.3 Å². The molecule has 7 heteroatoms. The average molecular weight is 394 g/mol. The fraction of sp³-hybridized carbons (Fsp3) is 0.409. The molecule has 1 aliphatic heterocycles. The number of nitrogens with one attached hydrogen (secondary N) is 1. The highest BCUT2D eigenvalue weighted by atomic mass is 16.5. The van der Waals surface area contributed by atoms with Crippen LogP contribution in [0.3, 0.4) is 0 Å². The third-order valence-electron chi connectivity index (χ3n) is 5.23. The molecule has 1 atom stereocenters. The summed E-state index contributed by atoms with van der Waals surface area (Å²) in [5, 5.41) is 8.39. The number of hydrogen-bond donors (Lipinski definition) is 1. The Morgan fingerprint density at radius 2 is 2.17 bits per heavy atom. The first-order chi connectivity index (χ1) is 13.8. The van der Waals surface area contributed by atoms with Crippen molar-refractivity contribution in [3.8, 4) is 5.88 Å². The number of benzene rings is 1. The molecule has 152 valence electrons. The molecule has 3 heterocycles. The highest BCUT2D eigenvalue weighted by molar-refractivity contribution is 6.04. The third-order valence-corrected chi connectivity index (χ3v) is 5.23. The second kappa shape index (κ2) is 7.48. The van der Waals surface area contributed by atoms with Gasteiger partial charge in [0.15, 0.2) is 0 Å². The lowest BCUT2D eigenvalue weighted by Crippen LogP contribution is -2.39. The Kier molecular flexibility index (Phi) is 5.00. The van der Waals surface area contributed by atoms with E-state index in [1.807, 2.05) is 44.3 Å². The molecule has 0 spiro atoms. The van der Waals surface area contributed by atoms with Crippen molar-refractivity contribution in [3.63, 3.8) is 0 Å². The van der Waals surface area contributed by atoms with Crippen molar-refractivity contribution in [2.45, 2.75) is 45.3 Å². The van der Waals surface area contributed by atoms with Gasteiger partial charge in [0, 0.05) is 31.8 Å². The number of anilines is 1. The van der Waals surface area contributed by atoms with Gasteiger partial charge in [0.1, 0.15) is 11.8 Å². The van der Waals surface area contributed by atoms with E-state index in [0.29, 0.717) is 23.9 Å². The van der Waals surface area contributed by atoms with E-state index in [-0.39, 0.29) is 17.6 Å². The summed E-state index contributed by atoms with van der Waals surface area (Å²) in [5.41, 5.74) is 2.65. The molecule has 1 aromatic carbocycles. The zero-order valence-corrected chi connectivity index (χ0v) is 17.2. The van der Waals surface area contributed by atoms with E-state index in [4.69, 9.17) is 9.47 Å². The number of hydrogen-bond acceptors (Lipinski definition) is 5. The number of nitrogens with zero attached hydrogens (tertiary/aromatic N) is 3. The molecule has 0 bridgehead atoms. The van der Waals surface area contributed by atoms with Crippen molar-refractivity contribution >= 4 is 22.5 Å². The molecule has 1 fully saturated rings. The van der Waals surface area contributed by atoms with Crippen LogP contribution in [-0.4, -0.2) is 39.0 Å². The molecule has 1 aliphatic rings. The number of ether oxygens (including phenoxy) is 2. The van der Waals surface area contributed by atoms with E-state index in [1.165, 1.54) is 0 Å². The summed E-state index contributed by atoms with van der Waals surface area (Å²) < 4.78 is 13.8. The van der Waals surface area contributed by atoms with Gasteiger partial charge in [-0.1, -0.05) is 6.07 Å². The molecule has 1 N–H and O–H groups in total. The van der Waals surface area contributed by atoms with E-state index < -0.39 is 0 Å². The zero-order valence-electron chi connectivity index (χ0n) is 17.2. The summed E-state index contributed by atoms with van der Waals surface area (Å²) in [7, 11) is 1.87. The van der Waals surface area contributed by atoms with Gasteiger partial charge in [-0.05, 0) is 50.6 Å². The predicted octanol–water partition coefficient (Wildman–Crippen LogP) is 3.87. The number of fused-ring (bicyclic) bond motifs is 1. The van der Waals surface area contributed by atoms with Crippen LogP contribution in [0.15, 0.2) is 36.5 Å². The van der Waals surface area contributed by atoms with E-state index in [9.17, 15) is 4.79 Å². The number of carbonyl (C=O) groups excluding carboxylic acids is 1. The lowest BCUT2D eigenvalue weighted by Gasteiger charge is -2.35. The summed E-state index contributed by atoms with van der Waals surface area (Å²) in [6, 6.07) is 9.38. The summed E-state index contributed by atoms with van der Waals surface area (Å²) >= 11 is 0. The molecule has 1 amide bonds. The van der Waals surface area contributed by atoms with Crippen LogP contribution in [-0.2, 0) is 11.8 Å². The van der Waals surface area contributed by atoms with Crippen molar-refractivity contribution in [2.75, 3.05) is 11.9 Å². The molecular formula is C22H26N4O3. The van der Waals surface area contributed by atoms with Gasteiger partial charge in [-0.2, -0.15) is 0 Å². The minimum absolute atomic E-state index is 0.0726. The first-order valence-corrected chi connectivity index (χ1v) is 9.83. The molecular weight excluding hydrogens is 368 g/mol. The van der Waals surface area contributed by atoms with Crippen LogP contribution in [0.4, 0.5) is 5.69 Å². The maximum Gasteiger partial charge on any atom is 0.274 e. The second-order valence-electron chi connectivity index (χ2n) is 8.12. The number of aryl methyl sites for hydroxylation is 2. The molecule has 0 saturated carbocycles. The lowest BCUT2D eigenvalue weighted by atomic mass is 9.96. The van der Waals surface area contributed by atoms with Crippen LogP contribution in [0.2, 0.25) is 0 Å². The SMILES string of the molecule is Cc1cccnc1C(=O)Nc1ccc2c(OC3CCOC(C)(C)C3)nn(C)c2c1. The Hall–Kier alpha value is -2.93. The molecule has 3 aromatic rings. The van der Waals surface area contributed by atoms with Gasteiger partial charge < -0.3 is 14.8 Å². The molecule has 2 aromatic heterocycles. The number of aromatic nitrogens is 3. The summed E-state index contributed by atoms with van der Waals surface area (Å²) in [6.07, 6.45) is 3.36. The van der Waals surface area contributed by atoms with Gasteiger partial charge in [-0.25, -0.2) is 0 Å². The van der Waals surface area contributed by atoms with Gasteiger partial charge in [0.05, 0.1) is 23.1 Å². The molecule has 0 radical (unpaired) electrons. The summed E-state index contributed by atoms with van der Waals surface area (Å²) in [4.78, 5) is 16.7. The minimum atomic E-state index is -0.231. The Morgan fingerprint density at radius 3 is 2.93 bits per heavy atom. The van der Waals surface area contributed by atoms with Gasteiger partial charge in [-0.15, -0.1) is 5.10 Å². The van der Waals surface area contributed by atoms with E-state index in [1.54, 1.807) is 10.9 Å². The van der Waals surface area contributed by atoms with E-state index >= 15 is 0 Å². The average Bonchev–Trinajstić information content (AvgIpc) is 2.96. The second-order valence-corrected chi connectivity index (χ2v) is 8.12. The standard InChI is InChI=1S/C22H26N4O3/c1-14-6-5-10-23-19(14)20(27)24-15-7-8-17-18(12-15)26(4)25-21(17)29-16-9-11-28-22(2,3)13-16/h5-8,10,12,16H,9,11,13H2,1-4H3,(H,24,27). The maximum atomic E-state index is 12.6. The maximum absolute atomic E-state index is 12.6. The van der Waals surface area contributed by atoms with Gasteiger partial charge in [-0.3, -0.25) is 14.5 Å². The van der Waals surface area contributed by atoms with Crippen molar-refractivity contribution in [1.29, 1.82) is 0 Å². The Bertz CT molecular complexity index is 1060. The fourth-order valence-corrected chi connectivity index (χ4v) is 3.74. The van der Waals surface area contributed by atoms with Crippen molar-refractivity contribution in [2.24, 2.45) is 7.05 Å². The first kappa shape index (κ1) is 19.4. The molecule has 4 rings (SSSR count). The molecule has 0 aliphatic carbocycles. The van der Waals surface area contributed by atoms with Crippen LogP contribution in [0.1, 0.15) is 42.7 Å². The topological polar surface area (TPSA) is 78.3 Å². The van der Waals surface area contributed by atoms with Crippen LogP contribution in [0.5, 0.6) is 5.88 Å². The van der Waals surface area contributed by atoms with E-state index in [2.05, 4.69) is 29.2 Å². The number of amides is 1. The largest absolute Gasteiger partial charge is 0.473 e. The third kappa shape index (κ3) is 4.10. The highest BCUT2D eigenvalue weighted by Gasteiger charge is 2.31. The van der Waals surface area contributed by atoms with Crippen LogP contribution in [0, 0.1) is 6.92 Å². The minimum Gasteiger partial charge on any atom is -0.473 e. The molecule has 7 nitrogen and oxygen atoms in total. The molecule has 1 saturated heterocycles. The van der Waals surface area contributed by atoms with Crippen LogP contribution >= 0.6 is 0 Å². The Balaban J connectivity index is 1.55. The number of pyridine rings is 1. The molecule has 1 unspecified atom stereocenters. The fourth-order valence-electron chi connectivity index (χ4n) is 3.74. The number of carbonyl (C=O) groups is 1. The Labute approximate surface area is 170 Å². The quantitative estimate of drug-likeness (QED) is 0.727. The predicted molar refractivity (Wildman–Crippen MR) is 111 cm³/mol. The first-order valence-electron chi connectivity index (χ1n) is 9.83. The highest BCUT2D eigenvalue weighted by Crippen LogP contribution is 2.32. The molecule has 29 heavy (non-hydrogen) atoms. The smallest absolute Gasteiger partial charge is 0.274 e.